The zero-order valence-electron chi connectivity index (χ0n) is 12.0. The van der Waals surface area contributed by atoms with E-state index in [1.165, 1.54) is 37.9 Å². The fraction of sp³-hybridized carbons (Fsp3) is 1.00. The van der Waals surface area contributed by atoms with Crippen molar-refractivity contribution in [3.8, 4) is 0 Å². The van der Waals surface area contributed by atoms with Gasteiger partial charge in [-0.1, -0.05) is 39.5 Å². The van der Waals surface area contributed by atoms with Crippen LogP contribution in [-0.2, 0) is 0 Å². The standard InChI is InChI=1S/C15H29NOS/c1-15(2)7-8-16(9-10-18-15)12-14(17)11-13-5-3-4-6-13/h13-14,17H,3-12H2,1-2H3. The molecule has 18 heavy (non-hydrogen) atoms. The maximum atomic E-state index is 10.2. The molecule has 0 radical (unpaired) electrons. The van der Waals surface area contributed by atoms with Crippen molar-refractivity contribution in [3.05, 3.63) is 0 Å². The zero-order valence-corrected chi connectivity index (χ0v) is 12.8. The van der Waals surface area contributed by atoms with Gasteiger partial charge in [0, 0.05) is 23.6 Å². The van der Waals surface area contributed by atoms with Crippen LogP contribution in [0.5, 0.6) is 0 Å². The lowest BCUT2D eigenvalue weighted by atomic mass is 9.99. The molecule has 1 saturated heterocycles. The van der Waals surface area contributed by atoms with E-state index in [9.17, 15) is 5.11 Å². The Kier molecular flexibility index (Phi) is 5.40. The Morgan fingerprint density at radius 2 is 2.00 bits per heavy atom. The Bertz CT molecular complexity index is 251. The van der Waals surface area contributed by atoms with Gasteiger partial charge in [-0.15, -0.1) is 0 Å². The lowest BCUT2D eigenvalue weighted by molar-refractivity contribution is 0.0933. The van der Waals surface area contributed by atoms with Crippen molar-refractivity contribution in [3.63, 3.8) is 0 Å². The highest BCUT2D eigenvalue weighted by atomic mass is 32.2. The van der Waals surface area contributed by atoms with Crippen LogP contribution in [0.3, 0.4) is 0 Å². The highest BCUT2D eigenvalue weighted by molar-refractivity contribution is 8.00. The topological polar surface area (TPSA) is 23.5 Å². The molecule has 1 aliphatic heterocycles. The number of aliphatic hydroxyl groups is 1. The van der Waals surface area contributed by atoms with Crippen LogP contribution >= 0.6 is 11.8 Å². The average Bonchev–Trinajstić information content (AvgIpc) is 2.72. The molecule has 0 amide bonds. The quantitative estimate of drug-likeness (QED) is 0.850. The summed E-state index contributed by atoms with van der Waals surface area (Å²) in [5.74, 6) is 2.01. The van der Waals surface area contributed by atoms with E-state index in [4.69, 9.17) is 0 Å². The lowest BCUT2D eigenvalue weighted by Gasteiger charge is -2.25. The number of nitrogens with zero attached hydrogens (tertiary/aromatic N) is 1. The highest BCUT2D eigenvalue weighted by Crippen LogP contribution is 2.31. The second-order valence-electron chi connectivity index (χ2n) is 6.70. The van der Waals surface area contributed by atoms with Crippen LogP contribution in [0, 0.1) is 5.92 Å². The van der Waals surface area contributed by atoms with Crippen LogP contribution in [-0.4, -0.2) is 46.2 Å². The Hall–Kier alpha value is 0.270. The minimum Gasteiger partial charge on any atom is -0.392 e. The van der Waals surface area contributed by atoms with Gasteiger partial charge in [-0.2, -0.15) is 11.8 Å². The van der Waals surface area contributed by atoms with E-state index >= 15 is 0 Å². The third-order valence-corrected chi connectivity index (χ3v) is 5.85. The Balaban J connectivity index is 1.71. The largest absolute Gasteiger partial charge is 0.392 e. The molecule has 0 spiro atoms. The smallest absolute Gasteiger partial charge is 0.0669 e. The van der Waals surface area contributed by atoms with Gasteiger partial charge in [0.05, 0.1) is 6.10 Å². The third-order valence-electron chi connectivity index (χ3n) is 4.48. The number of rotatable bonds is 4. The Morgan fingerprint density at radius 3 is 2.72 bits per heavy atom. The van der Waals surface area contributed by atoms with E-state index in [1.807, 2.05) is 0 Å². The van der Waals surface area contributed by atoms with E-state index < -0.39 is 0 Å². The minimum absolute atomic E-state index is 0.0979. The molecule has 0 aromatic carbocycles. The normalized spacial score (nSPS) is 28.2. The van der Waals surface area contributed by atoms with Crippen LogP contribution in [0.1, 0.15) is 52.4 Å². The number of hydrogen-bond acceptors (Lipinski definition) is 3. The molecule has 2 nitrogen and oxygen atoms in total. The zero-order chi connectivity index (χ0) is 13.0. The number of thioether (sulfide) groups is 1. The van der Waals surface area contributed by atoms with E-state index in [1.54, 1.807) is 0 Å². The summed E-state index contributed by atoms with van der Waals surface area (Å²) >= 11 is 2.08. The van der Waals surface area contributed by atoms with Crippen molar-refractivity contribution in [1.29, 1.82) is 0 Å². The molecule has 1 aliphatic carbocycles. The molecule has 1 unspecified atom stereocenters. The minimum atomic E-state index is -0.0979. The van der Waals surface area contributed by atoms with Gasteiger partial charge in [0.15, 0.2) is 0 Å². The second kappa shape index (κ2) is 6.62. The molecule has 1 saturated carbocycles. The van der Waals surface area contributed by atoms with Crippen LogP contribution in [0.4, 0.5) is 0 Å². The fourth-order valence-electron chi connectivity index (χ4n) is 3.25. The van der Waals surface area contributed by atoms with Crippen LogP contribution < -0.4 is 0 Å². The number of hydrogen-bond donors (Lipinski definition) is 1. The molecule has 1 N–H and O–H groups in total. The molecule has 0 aromatic rings. The average molecular weight is 271 g/mol. The molecule has 2 aliphatic rings. The first-order valence-corrected chi connectivity index (χ1v) is 8.58. The summed E-state index contributed by atoms with van der Waals surface area (Å²) < 4.78 is 0.422. The molecule has 1 atom stereocenters. The summed E-state index contributed by atoms with van der Waals surface area (Å²) in [5.41, 5.74) is 0. The summed E-state index contributed by atoms with van der Waals surface area (Å²) in [6.45, 7) is 7.89. The lowest BCUT2D eigenvalue weighted by Crippen LogP contribution is -2.35. The molecule has 3 heteroatoms. The van der Waals surface area contributed by atoms with Gasteiger partial charge in [-0.25, -0.2) is 0 Å². The van der Waals surface area contributed by atoms with Crippen molar-refractivity contribution < 1.29 is 5.11 Å². The summed E-state index contributed by atoms with van der Waals surface area (Å²) in [4.78, 5) is 2.47. The van der Waals surface area contributed by atoms with E-state index in [0.717, 1.165) is 32.0 Å². The van der Waals surface area contributed by atoms with Gasteiger partial charge in [0.25, 0.3) is 0 Å². The van der Waals surface area contributed by atoms with Crippen LogP contribution in [0.25, 0.3) is 0 Å². The van der Waals surface area contributed by atoms with E-state index in [0.29, 0.717) is 4.75 Å². The predicted octanol–water partition coefficient (Wildman–Crippen LogP) is 3.15. The highest BCUT2D eigenvalue weighted by Gasteiger charge is 2.25. The maximum Gasteiger partial charge on any atom is 0.0669 e. The van der Waals surface area contributed by atoms with Gasteiger partial charge >= 0.3 is 0 Å². The number of β-amino-alcohol motifs (C(OH)–C–C–N with tert-alkyl or cyclic N) is 1. The Labute approximate surface area is 117 Å². The number of aliphatic hydroxyl groups excluding tert-OH is 1. The maximum absolute atomic E-state index is 10.2. The summed E-state index contributed by atoms with van der Waals surface area (Å²) in [5, 5.41) is 10.2. The van der Waals surface area contributed by atoms with Crippen LogP contribution in [0.2, 0.25) is 0 Å². The molecule has 1 heterocycles. The van der Waals surface area contributed by atoms with Crippen molar-refractivity contribution >= 4 is 11.8 Å². The van der Waals surface area contributed by atoms with Crippen molar-refractivity contribution in [2.75, 3.05) is 25.4 Å². The van der Waals surface area contributed by atoms with Gasteiger partial charge in [-0.05, 0) is 25.3 Å². The van der Waals surface area contributed by atoms with Gasteiger partial charge < -0.3 is 5.11 Å². The Morgan fingerprint density at radius 1 is 1.28 bits per heavy atom. The first-order chi connectivity index (χ1) is 8.55. The fourth-order valence-corrected chi connectivity index (χ4v) is 4.39. The molecule has 106 valence electrons. The first-order valence-electron chi connectivity index (χ1n) is 7.59. The monoisotopic (exact) mass is 271 g/mol. The SMILES string of the molecule is CC1(C)CCN(CC(O)CC2CCCC2)CCS1. The molecule has 2 rings (SSSR count). The molecular weight excluding hydrogens is 242 g/mol. The van der Waals surface area contributed by atoms with Gasteiger partial charge in [0.2, 0.25) is 0 Å². The summed E-state index contributed by atoms with van der Waals surface area (Å²) in [7, 11) is 0. The van der Waals surface area contributed by atoms with Gasteiger partial charge in [0.1, 0.15) is 0 Å². The van der Waals surface area contributed by atoms with Gasteiger partial charge in [-0.3, -0.25) is 4.90 Å². The molecule has 0 bridgehead atoms. The first kappa shape index (κ1) is 14.7. The third kappa shape index (κ3) is 4.75. The second-order valence-corrected chi connectivity index (χ2v) is 8.50. The predicted molar refractivity (Wildman–Crippen MR) is 80.2 cm³/mol. The van der Waals surface area contributed by atoms with Crippen molar-refractivity contribution in [2.24, 2.45) is 5.92 Å². The molecule has 2 fully saturated rings. The van der Waals surface area contributed by atoms with Crippen molar-refractivity contribution in [1.82, 2.24) is 4.90 Å². The summed E-state index contributed by atoms with van der Waals surface area (Å²) in [6.07, 6.45) is 7.64. The summed E-state index contributed by atoms with van der Waals surface area (Å²) in [6, 6.07) is 0. The van der Waals surface area contributed by atoms with E-state index in [-0.39, 0.29) is 6.10 Å². The molecular formula is C15H29NOS. The van der Waals surface area contributed by atoms with Crippen molar-refractivity contribution in [2.45, 2.75) is 63.2 Å². The van der Waals surface area contributed by atoms with Crippen LogP contribution in [0.15, 0.2) is 0 Å². The van der Waals surface area contributed by atoms with E-state index in [2.05, 4.69) is 30.5 Å². The molecule has 0 aromatic heterocycles.